The first-order valence-corrected chi connectivity index (χ1v) is 5.79. The van der Waals surface area contributed by atoms with Crippen molar-refractivity contribution in [1.29, 1.82) is 0 Å². The molecule has 0 unspecified atom stereocenters. The number of halogens is 1. The summed E-state index contributed by atoms with van der Waals surface area (Å²) in [6.07, 6.45) is 9.43. The standard InChI is InChI=1S/C14H11ClO/c15-11-2-1-10-3-6-14(13(10)9-11)7-4-12(16)5-8-14/h1-2,4-5,7-9H,3,6H2. The van der Waals surface area contributed by atoms with E-state index in [2.05, 4.69) is 6.07 Å². The second kappa shape index (κ2) is 3.33. The Morgan fingerprint density at radius 3 is 2.69 bits per heavy atom. The fraction of sp³-hybridized carbons (Fsp3) is 0.214. The van der Waals surface area contributed by atoms with E-state index in [4.69, 9.17) is 11.6 Å². The third-order valence-electron chi connectivity index (χ3n) is 3.47. The van der Waals surface area contributed by atoms with E-state index in [1.807, 2.05) is 24.3 Å². The van der Waals surface area contributed by atoms with Crippen LogP contribution in [0.2, 0.25) is 5.02 Å². The van der Waals surface area contributed by atoms with Crippen molar-refractivity contribution in [2.45, 2.75) is 18.3 Å². The highest BCUT2D eigenvalue weighted by Gasteiger charge is 2.35. The molecule has 3 rings (SSSR count). The third-order valence-corrected chi connectivity index (χ3v) is 3.71. The molecule has 1 nitrogen and oxygen atoms in total. The number of fused-ring (bicyclic) bond motifs is 2. The minimum Gasteiger partial charge on any atom is -0.290 e. The summed E-state index contributed by atoms with van der Waals surface area (Å²) >= 11 is 6.04. The Labute approximate surface area is 99.4 Å². The molecular weight excluding hydrogens is 220 g/mol. The van der Waals surface area contributed by atoms with Crippen molar-refractivity contribution < 1.29 is 4.79 Å². The zero-order valence-corrected chi connectivity index (χ0v) is 9.50. The molecule has 0 fully saturated rings. The van der Waals surface area contributed by atoms with Crippen molar-refractivity contribution in [2.75, 3.05) is 0 Å². The molecule has 0 radical (unpaired) electrons. The number of rotatable bonds is 0. The Kier molecular flexibility index (Phi) is 2.05. The molecule has 0 bridgehead atoms. The number of carbonyl (C=O) groups excluding carboxylic acids is 1. The smallest absolute Gasteiger partial charge is 0.178 e. The fourth-order valence-electron chi connectivity index (χ4n) is 2.60. The van der Waals surface area contributed by atoms with Crippen molar-refractivity contribution in [1.82, 2.24) is 0 Å². The molecule has 0 saturated carbocycles. The second-order valence-corrected chi connectivity index (χ2v) is 4.85. The summed E-state index contributed by atoms with van der Waals surface area (Å²) in [5.74, 6) is 0.0705. The number of benzene rings is 1. The van der Waals surface area contributed by atoms with Gasteiger partial charge in [0.2, 0.25) is 0 Å². The van der Waals surface area contributed by atoms with Gasteiger partial charge in [-0.05, 0) is 48.3 Å². The average molecular weight is 231 g/mol. The fourth-order valence-corrected chi connectivity index (χ4v) is 2.77. The van der Waals surface area contributed by atoms with Gasteiger partial charge in [0.1, 0.15) is 0 Å². The lowest BCUT2D eigenvalue weighted by Gasteiger charge is -2.24. The van der Waals surface area contributed by atoms with Gasteiger partial charge >= 0.3 is 0 Å². The Hall–Kier alpha value is -1.34. The zero-order chi connectivity index (χ0) is 11.2. The molecule has 0 N–H and O–H groups in total. The Bertz CT molecular complexity index is 510. The first-order valence-electron chi connectivity index (χ1n) is 5.41. The topological polar surface area (TPSA) is 17.1 Å². The summed E-state index contributed by atoms with van der Waals surface area (Å²) < 4.78 is 0. The average Bonchev–Trinajstić information content (AvgIpc) is 2.62. The Morgan fingerprint density at radius 2 is 1.94 bits per heavy atom. The van der Waals surface area contributed by atoms with Gasteiger partial charge in [0, 0.05) is 10.4 Å². The lowest BCUT2D eigenvalue weighted by molar-refractivity contribution is -0.110. The summed E-state index contributed by atoms with van der Waals surface area (Å²) in [6, 6.07) is 6.04. The van der Waals surface area contributed by atoms with E-state index in [1.165, 1.54) is 11.1 Å². The van der Waals surface area contributed by atoms with Crippen LogP contribution in [0.1, 0.15) is 17.5 Å². The van der Waals surface area contributed by atoms with Crippen LogP contribution in [0.3, 0.4) is 0 Å². The van der Waals surface area contributed by atoms with Gasteiger partial charge in [0.25, 0.3) is 0 Å². The highest BCUT2D eigenvalue weighted by atomic mass is 35.5. The SMILES string of the molecule is O=C1C=CC2(C=C1)CCc1ccc(Cl)cc12. The van der Waals surface area contributed by atoms with Gasteiger partial charge in [-0.2, -0.15) is 0 Å². The Balaban J connectivity index is 2.15. The quantitative estimate of drug-likeness (QED) is 0.669. The van der Waals surface area contributed by atoms with Crippen LogP contribution in [0, 0.1) is 0 Å². The van der Waals surface area contributed by atoms with Crippen LogP contribution in [0.5, 0.6) is 0 Å². The van der Waals surface area contributed by atoms with E-state index in [9.17, 15) is 4.79 Å². The summed E-state index contributed by atoms with van der Waals surface area (Å²) in [6.45, 7) is 0. The van der Waals surface area contributed by atoms with Crippen LogP contribution in [-0.2, 0) is 16.6 Å². The summed E-state index contributed by atoms with van der Waals surface area (Å²) in [4.78, 5) is 11.2. The van der Waals surface area contributed by atoms with Gasteiger partial charge in [-0.1, -0.05) is 29.8 Å². The molecule has 0 aromatic heterocycles. The summed E-state index contributed by atoms with van der Waals surface area (Å²) in [5, 5.41) is 0.763. The normalized spacial score (nSPS) is 20.4. The number of aryl methyl sites for hydroxylation is 1. The largest absolute Gasteiger partial charge is 0.290 e. The molecule has 0 atom stereocenters. The molecule has 1 aromatic rings. The minimum atomic E-state index is -0.0891. The predicted molar refractivity (Wildman–Crippen MR) is 64.7 cm³/mol. The molecule has 0 aliphatic heterocycles. The number of allylic oxidation sites excluding steroid dienone is 4. The number of hydrogen-bond donors (Lipinski definition) is 0. The van der Waals surface area contributed by atoms with Crippen molar-refractivity contribution in [3.05, 3.63) is 58.7 Å². The van der Waals surface area contributed by atoms with Crippen LogP contribution in [0.15, 0.2) is 42.5 Å². The maximum absolute atomic E-state index is 11.2. The molecule has 0 saturated heterocycles. The lowest BCUT2D eigenvalue weighted by atomic mass is 9.79. The van der Waals surface area contributed by atoms with Crippen LogP contribution in [0.25, 0.3) is 0 Å². The van der Waals surface area contributed by atoms with Gasteiger partial charge in [0.05, 0.1) is 0 Å². The molecule has 2 aliphatic carbocycles. The van der Waals surface area contributed by atoms with Gasteiger partial charge in [-0.3, -0.25) is 4.79 Å². The number of carbonyl (C=O) groups is 1. The van der Waals surface area contributed by atoms with Crippen LogP contribution >= 0.6 is 11.6 Å². The van der Waals surface area contributed by atoms with E-state index in [-0.39, 0.29) is 11.2 Å². The van der Waals surface area contributed by atoms with E-state index < -0.39 is 0 Å². The highest BCUT2D eigenvalue weighted by Crippen LogP contribution is 2.43. The Morgan fingerprint density at radius 1 is 1.19 bits per heavy atom. The first-order chi connectivity index (χ1) is 7.70. The molecular formula is C14H11ClO. The number of ketones is 1. The molecule has 2 aliphatic rings. The van der Waals surface area contributed by atoms with Crippen molar-refractivity contribution in [3.8, 4) is 0 Å². The first kappa shape index (κ1) is 9.86. The van der Waals surface area contributed by atoms with Gasteiger partial charge < -0.3 is 0 Å². The van der Waals surface area contributed by atoms with Crippen LogP contribution in [-0.4, -0.2) is 5.78 Å². The van der Waals surface area contributed by atoms with Gasteiger partial charge in [0.15, 0.2) is 5.78 Å². The van der Waals surface area contributed by atoms with Crippen molar-refractivity contribution in [3.63, 3.8) is 0 Å². The summed E-state index contributed by atoms with van der Waals surface area (Å²) in [7, 11) is 0. The van der Waals surface area contributed by atoms with Crippen LogP contribution in [0.4, 0.5) is 0 Å². The molecule has 0 heterocycles. The molecule has 1 spiro atoms. The predicted octanol–water partition coefficient (Wildman–Crippen LogP) is 3.22. The van der Waals surface area contributed by atoms with E-state index in [0.29, 0.717) is 0 Å². The number of hydrogen-bond acceptors (Lipinski definition) is 1. The highest BCUT2D eigenvalue weighted by molar-refractivity contribution is 6.30. The molecule has 1 aromatic carbocycles. The molecule has 16 heavy (non-hydrogen) atoms. The minimum absolute atomic E-state index is 0.0705. The van der Waals surface area contributed by atoms with Crippen molar-refractivity contribution >= 4 is 17.4 Å². The van der Waals surface area contributed by atoms with Crippen molar-refractivity contribution in [2.24, 2.45) is 0 Å². The zero-order valence-electron chi connectivity index (χ0n) is 8.74. The third kappa shape index (κ3) is 1.35. The molecule has 2 heteroatoms. The lowest BCUT2D eigenvalue weighted by Crippen LogP contribution is -2.20. The van der Waals surface area contributed by atoms with Gasteiger partial charge in [-0.15, -0.1) is 0 Å². The summed E-state index contributed by atoms with van der Waals surface area (Å²) in [5.41, 5.74) is 2.50. The maximum Gasteiger partial charge on any atom is 0.178 e. The van der Waals surface area contributed by atoms with E-state index in [0.717, 1.165) is 17.9 Å². The molecule has 80 valence electrons. The molecule has 0 amide bonds. The van der Waals surface area contributed by atoms with E-state index in [1.54, 1.807) is 12.2 Å². The van der Waals surface area contributed by atoms with Crippen LogP contribution < -0.4 is 0 Å². The second-order valence-electron chi connectivity index (χ2n) is 4.41. The van der Waals surface area contributed by atoms with Gasteiger partial charge in [-0.25, -0.2) is 0 Å². The monoisotopic (exact) mass is 230 g/mol. The van der Waals surface area contributed by atoms with E-state index >= 15 is 0 Å². The maximum atomic E-state index is 11.2.